The smallest absolute Gasteiger partial charge is 0.253 e. The minimum atomic E-state index is -0.0344. The second-order valence-corrected chi connectivity index (χ2v) is 6.35. The fraction of sp³-hybridized carbons (Fsp3) is 0.278. The van der Waals surface area contributed by atoms with E-state index >= 15 is 0 Å². The molecule has 0 fully saturated rings. The number of fused-ring (bicyclic) bond motifs is 1. The van der Waals surface area contributed by atoms with Crippen molar-refractivity contribution in [2.24, 2.45) is 0 Å². The quantitative estimate of drug-likeness (QED) is 0.644. The van der Waals surface area contributed by atoms with Crippen LogP contribution < -0.4 is 5.32 Å². The lowest BCUT2D eigenvalue weighted by atomic mass is 10.1. The zero-order valence-electron chi connectivity index (χ0n) is 13.2. The van der Waals surface area contributed by atoms with Gasteiger partial charge in [-0.15, -0.1) is 0 Å². The number of H-pyrrole nitrogens is 2. The van der Waals surface area contributed by atoms with Gasteiger partial charge in [-0.3, -0.25) is 4.79 Å². The molecule has 120 valence electrons. The van der Waals surface area contributed by atoms with E-state index in [1.807, 2.05) is 36.7 Å². The third-order valence-electron chi connectivity index (χ3n) is 4.03. The maximum absolute atomic E-state index is 12.3. The highest BCUT2D eigenvalue weighted by Gasteiger charge is 2.14. The van der Waals surface area contributed by atoms with E-state index < -0.39 is 0 Å². The minimum Gasteiger partial charge on any atom is -0.364 e. The van der Waals surface area contributed by atoms with Crippen LogP contribution in [0.25, 0.3) is 10.9 Å². The van der Waals surface area contributed by atoms with Gasteiger partial charge in [0, 0.05) is 30.0 Å². The lowest BCUT2D eigenvalue weighted by Gasteiger charge is -2.08. The van der Waals surface area contributed by atoms with Crippen molar-refractivity contribution >= 4 is 28.4 Å². The average molecular weight is 330 g/mol. The first-order valence-electron chi connectivity index (χ1n) is 7.78. The Morgan fingerprint density at radius 3 is 2.87 bits per heavy atom. The summed E-state index contributed by atoms with van der Waals surface area (Å²) in [6.45, 7) is 4.72. The van der Waals surface area contributed by atoms with Crippen molar-refractivity contribution < 1.29 is 4.79 Å². The molecule has 0 saturated heterocycles. The number of hydrogen-bond acceptors (Lipinski definition) is 1. The molecule has 1 aromatic carbocycles. The summed E-state index contributed by atoms with van der Waals surface area (Å²) in [4.78, 5) is 18.7. The SMILES string of the molecule is CC(C)c1[nH]ccc1C(=O)NCCc1c[nH]c2c(Cl)cccc12. The van der Waals surface area contributed by atoms with Crippen molar-refractivity contribution in [2.45, 2.75) is 26.2 Å². The molecular weight excluding hydrogens is 310 g/mol. The molecule has 0 spiro atoms. The topological polar surface area (TPSA) is 60.7 Å². The summed E-state index contributed by atoms with van der Waals surface area (Å²) >= 11 is 6.16. The lowest BCUT2D eigenvalue weighted by molar-refractivity contribution is 0.0953. The molecule has 5 heteroatoms. The lowest BCUT2D eigenvalue weighted by Crippen LogP contribution is -2.26. The maximum atomic E-state index is 12.3. The highest BCUT2D eigenvalue weighted by molar-refractivity contribution is 6.35. The van der Waals surface area contributed by atoms with Crippen LogP contribution in [-0.4, -0.2) is 22.4 Å². The minimum absolute atomic E-state index is 0.0344. The Balaban J connectivity index is 1.66. The summed E-state index contributed by atoms with van der Waals surface area (Å²) in [5.41, 5.74) is 3.80. The first kappa shape index (κ1) is 15.7. The number of nitrogens with one attached hydrogen (secondary N) is 3. The summed E-state index contributed by atoms with van der Waals surface area (Å²) in [6.07, 6.45) is 4.53. The molecule has 2 heterocycles. The molecule has 0 atom stereocenters. The fourth-order valence-electron chi connectivity index (χ4n) is 2.85. The number of aromatic amines is 2. The molecule has 0 saturated carbocycles. The second kappa shape index (κ2) is 6.50. The number of hydrogen-bond donors (Lipinski definition) is 3. The van der Waals surface area contributed by atoms with Crippen molar-refractivity contribution in [3.63, 3.8) is 0 Å². The van der Waals surface area contributed by atoms with Gasteiger partial charge in [0.25, 0.3) is 5.91 Å². The van der Waals surface area contributed by atoms with E-state index in [9.17, 15) is 4.79 Å². The average Bonchev–Trinajstić information content (AvgIpc) is 3.15. The molecule has 0 aliphatic heterocycles. The van der Waals surface area contributed by atoms with E-state index in [1.165, 1.54) is 0 Å². The fourth-order valence-corrected chi connectivity index (χ4v) is 3.08. The first-order chi connectivity index (χ1) is 11.1. The highest BCUT2D eigenvalue weighted by Crippen LogP contribution is 2.25. The van der Waals surface area contributed by atoms with E-state index in [1.54, 1.807) is 0 Å². The van der Waals surface area contributed by atoms with Crippen molar-refractivity contribution in [1.29, 1.82) is 0 Å². The number of halogens is 1. The summed E-state index contributed by atoms with van der Waals surface area (Å²) in [5, 5.41) is 4.81. The largest absolute Gasteiger partial charge is 0.364 e. The highest BCUT2D eigenvalue weighted by atomic mass is 35.5. The summed E-state index contributed by atoms with van der Waals surface area (Å²) in [7, 11) is 0. The van der Waals surface area contributed by atoms with E-state index in [0.717, 1.165) is 34.1 Å². The Kier molecular flexibility index (Phi) is 4.44. The van der Waals surface area contributed by atoms with Gasteiger partial charge < -0.3 is 15.3 Å². The molecule has 2 aromatic heterocycles. The maximum Gasteiger partial charge on any atom is 0.253 e. The number of aromatic nitrogens is 2. The predicted octanol–water partition coefficient (Wildman–Crippen LogP) is 4.25. The first-order valence-corrected chi connectivity index (χ1v) is 8.15. The molecule has 0 unspecified atom stereocenters. The van der Waals surface area contributed by atoms with Crippen molar-refractivity contribution in [3.8, 4) is 0 Å². The van der Waals surface area contributed by atoms with Crippen molar-refractivity contribution in [1.82, 2.24) is 15.3 Å². The van der Waals surface area contributed by atoms with Gasteiger partial charge in [-0.05, 0) is 30.0 Å². The van der Waals surface area contributed by atoms with Crippen LogP contribution in [0, 0.1) is 0 Å². The van der Waals surface area contributed by atoms with Crippen LogP contribution in [0.2, 0.25) is 5.02 Å². The van der Waals surface area contributed by atoms with Crippen LogP contribution in [0.15, 0.2) is 36.7 Å². The van der Waals surface area contributed by atoms with Crippen LogP contribution >= 0.6 is 11.6 Å². The Morgan fingerprint density at radius 2 is 2.09 bits per heavy atom. The van der Waals surface area contributed by atoms with Gasteiger partial charge in [-0.25, -0.2) is 0 Å². The number of benzene rings is 1. The third kappa shape index (κ3) is 3.13. The monoisotopic (exact) mass is 329 g/mol. The Hall–Kier alpha value is -2.20. The van der Waals surface area contributed by atoms with Gasteiger partial charge in [0.05, 0.1) is 16.1 Å². The van der Waals surface area contributed by atoms with E-state index in [0.29, 0.717) is 17.5 Å². The molecule has 0 radical (unpaired) electrons. The van der Waals surface area contributed by atoms with Crippen molar-refractivity contribution in [3.05, 3.63) is 58.5 Å². The van der Waals surface area contributed by atoms with Gasteiger partial charge in [0.1, 0.15) is 0 Å². The summed E-state index contributed by atoms with van der Waals surface area (Å²) in [6, 6.07) is 7.68. The molecule has 3 rings (SSSR count). The molecular formula is C18H20ClN3O. The van der Waals surface area contributed by atoms with Crippen LogP contribution in [0.4, 0.5) is 0 Å². The predicted molar refractivity (Wildman–Crippen MR) is 94.2 cm³/mol. The Bertz CT molecular complexity index is 832. The third-order valence-corrected chi connectivity index (χ3v) is 4.35. The molecule has 4 nitrogen and oxygen atoms in total. The van der Waals surface area contributed by atoms with E-state index in [-0.39, 0.29) is 5.91 Å². The second-order valence-electron chi connectivity index (χ2n) is 5.94. The summed E-state index contributed by atoms with van der Waals surface area (Å²) in [5.74, 6) is 0.259. The zero-order chi connectivity index (χ0) is 16.4. The molecule has 3 N–H and O–H groups in total. The zero-order valence-corrected chi connectivity index (χ0v) is 14.0. The molecule has 0 bridgehead atoms. The van der Waals surface area contributed by atoms with Crippen LogP contribution in [0.3, 0.4) is 0 Å². The van der Waals surface area contributed by atoms with Gasteiger partial charge in [0.15, 0.2) is 0 Å². The summed E-state index contributed by atoms with van der Waals surface area (Å²) < 4.78 is 0. The van der Waals surface area contributed by atoms with E-state index in [4.69, 9.17) is 11.6 Å². The Labute approximate surface area is 140 Å². The number of amides is 1. The molecule has 1 amide bonds. The molecule has 0 aliphatic rings. The number of carbonyl (C=O) groups excluding carboxylic acids is 1. The van der Waals surface area contributed by atoms with Gasteiger partial charge in [-0.2, -0.15) is 0 Å². The van der Waals surface area contributed by atoms with Crippen LogP contribution in [0.1, 0.15) is 41.4 Å². The molecule has 23 heavy (non-hydrogen) atoms. The number of para-hydroxylation sites is 1. The molecule has 3 aromatic rings. The van der Waals surface area contributed by atoms with Gasteiger partial charge in [0.2, 0.25) is 0 Å². The number of rotatable bonds is 5. The van der Waals surface area contributed by atoms with Gasteiger partial charge in [-0.1, -0.05) is 37.6 Å². The molecule has 0 aliphatic carbocycles. The van der Waals surface area contributed by atoms with Crippen LogP contribution in [-0.2, 0) is 6.42 Å². The van der Waals surface area contributed by atoms with Crippen molar-refractivity contribution in [2.75, 3.05) is 6.54 Å². The van der Waals surface area contributed by atoms with E-state index in [2.05, 4.69) is 29.1 Å². The number of carbonyl (C=O) groups is 1. The van der Waals surface area contributed by atoms with Gasteiger partial charge >= 0.3 is 0 Å². The van der Waals surface area contributed by atoms with Crippen LogP contribution in [0.5, 0.6) is 0 Å². The Morgan fingerprint density at radius 1 is 1.26 bits per heavy atom. The standard InChI is InChI=1S/C18H20ClN3O/c1-11(2)16-14(7-9-20-16)18(23)21-8-6-12-10-22-17-13(12)4-3-5-15(17)19/h3-5,7,9-11,20,22H,6,8H2,1-2H3,(H,21,23). The normalized spacial score (nSPS) is 11.3.